The zero-order valence-corrected chi connectivity index (χ0v) is 24.4. The fourth-order valence-corrected chi connectivity index (χ4v) is 6.15. The van der Waals surface area contributed by atoms with Crippen LogP contribution in [0.5, 0.6) is 11.5 Å². The number of ether oxygens (including phenoxy) is 2. The molecule has 1 aromatic heterocycles. The number of halogens is 1. The van der Waals surface area contributed by atoms with E-state index in [1.165, 1.54) is 0 Å². The molecule has 0 saturated heterocycles. The first-order chi connectivity index (χ1) is 19.4. The summed E-state index contributed by atoms with van der Waals surface area (Å²) in [5.41, 5.74) is 0.870. The predicted octanol–water partition coefficient (Wildman–Crippen LogP) is 4.05. The van der Waals surface area contributed by atoms with Gasteiger partial charge in [-0.25, -0.2) is 0 Å². The van der Waals surface area contributed by atoms with Crippen LogP contribution >= 0.6 is 22.6 Å². The molecule has 2 amide bonds. The van der Waals surface area contributed by atoms with E-state index in [1.54, 1.807) is 36.3 Å². The van der Waals surface area contributed by atoms with Gasteiger partial charge in [0.15, 0.2) is 17.1 Å². The maximum Gasteiger partial charge on any atom is 0.290 e. The van der Waals surface area contributed by atoms with E-state index in [1.807, 2.05) is 30.3 Å². The number of hydrogen-bond donors (Lipinski definition) is 3. The van der Waals surface area contributed by atoms with Gasteiger partial charge in [0.25, 0.3) is 5.91 Å². The van der Waals surface area contributed by atoms with Gasteiger partial charge in [-0.2, -0.15) is 0 Å². The van der Waals surface area contributed by atoms with E-state index in [0.717, 1.165) is 34.6 Å². The number of fused-ring (bicyclic) bond motifs is 1. The standard InChI is InChI=1S/C30H33IN2O7/c1-38-24-12-6-7-18-16-26(40-28(18)24)30(37)33(20-8-2-3-9-20)22-15-19(29(36)32-13-14-34)17-25(27(22)35)39-23-11-5-4-10-21(23)31/h4-7,10-12,16-17,20,22,25,27,34-35H,2-3,8-9,13-15H2,1H3,(H,32,36). The molecule has 0 spiro atoms. The Morgan fingerprint density at radius 1 is 1.12 bits per heavy atom. The molecule has 2 aromatic carbocycles. The summed E-state index contributed by atoms with van der Waals surface area (Å²) in [5.74, 6) is 0.532. The summed E-state index contributed by atoms with van der Waals surface area (Å²) in [6.07, 6.45) is 3.29. The molecule has 1 saturated carbocycles. The third-order valence-electron chi connectivity index (χ3n) is 7.56. The first-order valence-corrected chi connectivity index (χ1v) is 14.6. The van der Waals surface area contributed by atoms with E-state index in [2.05, 4.69) is 27.9 Å². The number of amides is 2. The average molecular weight is 661 g/mol. The third kappa shape index (κ3) is 5.84. The lowest BCUT2D eigenvalue weighted by Crippen LogP contribution is -2.57. The topological polar surface area (TPSA) is 121 Å². The normalized spacial score (nSPS) is 21.2. The van der Waals surface area contributed by atoms with Crippen LogP contribution in [0.2, 0.25) is 0 Å². The average Bonchev–Trinajstić information content (AvgIpc) is 3.65. The molecule has 3 atom stereocenters. The molecule has 212 valence electrons. The van der Waals surface area contributed by atoms with Crippen LogP contribution in [0.1, 0.15) is 42.7 Å². The highest BCUT2D eigenvalue weighted by atomic mass is 127. The highest BCUT2D eigenvalue weighted by Gasteiger charge is 2.44. The minimum absolute atomic E-state index is 0.0948. The molecule has 40 heavy (non-hydrogen) atoms. The van der Waals surface area contributed by atoms with E-state index < -0.39 is 18.2 Å². The quantitative estimate of drug-likeness (QED) is 0.297. The van der Waals surface area contributed by atoms with Gasteiger partial charge in [-0.15, -0.1) is 0 Å². The monoisotopic (exact) mass is 660 g/mol. The van der Waals surface area contributed by atoms with Gasteiger partial charge >= 0.3 is 0 Å². The molecule has 10 heteroatoms. The molecule has 5 rings (SSSR count). The first kappa shape index (κ1) is 28.4. The number of nitrogens with zero attached hydrogens (tertiary/aromatic N) is 1. The number of nitrogens with one attached hydrogen (secondary N) is 1. The molecular formula is C30H33IN2O7. The fraction of sp³-hybridized carbons (Fsp3) is 0.400. The second-order valence-electron chi connectivity index (χ2n) is 10.1. The van der Waals surface area contributed by atoms with E-state index in [9.17, 15) is 19.8 Å². The van der Waals surface area contributed by atoms with Crippen LogP contribution in [0.25, 0.3) is 11.0 Å². The number of carbonyl (C=O) groups excluding carboxylic acids is 2. The number of hydrogen-bond acceptors (Lipinski definition) is 7. The van der Waals surface area contributed by atoms with Gasteiger partial charge in [0, 0.05) is 30.0 Å². The summed E-state index contributed by atoms with van der Waals surface area (Å²) >= 11 is 2.16. The summed E-state index contributed by atoms with van der Waals surface area (Å²) < 4.78 is 18.6. The lowest BCUT2D eigenvalue weighted by Gasteiger charge is -2.43. The number of benzene rings is 2. The first-order valence-electron chi connectivity index (χ1n) is 13.5. The van der Waals surface area contributed by atoms with Crippen molar-refractivity contribution in [1.82, 2.24) is 10.2 Å². The molecule has 3 aromatic rings. The number of carbonyl (C=O) groups is 2. The third-order valence-corrected chi connectivity index (χ3v) is 8.45. The number of furan rings is 1. The molecule has 3 N–H and O–H groups in total. The van der Waals surface area contributed by atoms with Crippen LogP contribution in [-0.2, 0) is 4.79 Å². The molecule has 1 fully saturated rings. The van der Waals surface area contributed by atoms with E-state index in [4.69, 9.17) is 13.9 Å². The summed E-state index contributed by atoms with van der Waals surface area (Å²) in [6, 6.07) is 13.7. The van der Waals surface area contributed by atoms with Crippen molar-refractivity contribution in [2.75, 3.05) is 20.3 Å². The zero-order chi connectivity index (χ0) is 28.2. The maximum absolute atomic E-state index is 14.2. The second-order valence-corrected chi connectivity index (χ2v) is 11.2. The van der Waals surface area contributed by atoms with E-state index in [0.29, 0.717) is 22.7 Å². The Bertz CT molecular complexity index is 1400. The van der Waals surface area contributed by atoms with E-state index >= 15 is 0 Å². The Morgan fingerprint density at radius 2 is 1.88 bits per heavy atom. The van der Waals surface area contributed by atoms with Crippen molar-refractivity contribution in [2.24, 2.45) is 0 Å². The Kier molecular flexibility index (Phi) is 8.97. The number of aliphatic hydroxyl groups excluding tert-OH is 2. The van der Waals surface area contributed by atoms with E-state index in [-0.39, 0.29) is 43.2 Å². The number of methoxy groups -OCH3 is 1. The zero-order valence-electron chi connectivity index (χ0n) is 22.2. The maximum atomic E-state index is 14.2. The van der Waals surface area contributed by atoms with Crippen LogP contribution in [0, 0.1) is 3.57 Å². The van der Waals surface area contributed by atoms with Crippen molar-refractivity contribution in [3.8, 4) is 11.5 Å². The molecule has 9 nitrogen and oxygen atoms in total. The van der Waals surface area contributed by atoms with Crippen LogP contribution in [-0.4, -0.2) is 71.5 Å². The Balaban J connectivity index is 1.53. The molecule has 0 radical (unpaired) electrons. The molecule has 1 heterocycles. The molecular weight excluding hydrogens is 627 g/mol. The van der Waals surface area contributed by atoms with Crippen molar-refractivity contribution < 1.29 is 33.7 Å². The van der Waals surface area contributed by atoms with Gasteiger partial charge < -0.3 is 34.3 Å². The molecule has 3 unspecified atom stereocenters. The summed E-state index contributed by atoms with van der Waals surface area (Å²) in [6.45, 7) is -0.104. The highest BCUT2D eigenvalue weighted by molar-refractivity contribution is 14.1. The molecule has 0 aliphatic heterocycles. The lowest BCUT2D eigenvalue weighted by atomic mass is 9.87. The lowest BCUT2D eigenvalue weighted by molar-refractivity contribution is -0.118. The largest absolute Gasteiger partial charge is 0.493 e. The summed E-state index contributed by atoms with van der Waals surface area (Å²) in [5, 5.41) is 24.4. The summed E-state index contributed by atoms with van der Waals surface area (Å²) in [4.78, 5) is 29.0. The van der Waals surface area contributed by atoms with Gasteiger partial charge in [-0.3, -0.25) is 9.59 Å². The van der Waals surface area contributed by atoms with Crippen molar-refractivity contribution in [3.05, 3.63) is 69.5 Å². The van der Waals surface area contributed by atoms with Gasteiger partial charge in [0.05, 0.1) is 23.3 Å². The number of aliphatic hydroxyl groups is 2. The molecule has 0 bridgehead atoms. The van der Waals surface area contributed by atoms with Crippen LogP contribution < -0.4 is 14.8 Å². The molecule has 2 aliphatic rings. The Labute approximate surface area is 246 Å². The SMILES string of the molecule is COc1cccc2cc(C(=O)N(C3CCCC3)C3CC(C(=O)NCCO)=CC(Oc4ccccc4I)C3O)oc12. The van der Waals surface area contributed by atoms with Crippen LogP contribution in [0.3, 0.4) is 0 Å². The fourth-order valence-electron chi connectivity index (χ4n) is 5.63. The van der Waals surface area contributed by atoms with Crippen LogP contribution in [0.15, 0.2) is 64.6 Å². The Hall–Kier alpha value is -3.09. The number of para-hydroxylation sites is 2. The van der Waals surface area contributed by atoms with Crippen molar-refractivity contribution in [1.29, 1.82) is 0 Å². The summed E-state index contributed by atoms with van der Waals surface area (Å²) in [7, 11) is 1.55. The smallest absolute Gasteiger partial charge is 0.290 e. The van der Waals surface area contributed by atoms with Crippen molar-refractivity contribution in [3.63, 3.8) is 0 Å². The van der Waals surface area contributed by atoms with Crippen molar-refractivity contribution in [2.45, 2.75) is 56.4 Å². The van der Waals surface area contributed by atoms with Gasteiger partial charge in [-0.05, 0) is 65.8 Å². The van der Waals surface area contributed by atoms with Crippen LogP contribution in [0.4, 0.5) is 0 Å². The highest BCUT2D eigenvalue weighted by Crippen LogP contribution is 2.36. The van der Waals surface area contributed by atoms with Gasteiger partial charge in [0.2, 0.25) is 5.91 Å². The minimum Gasteiger partial charge on any atom is -0.493 e. The van der Waals surface area contributed by atoms with Gasteiger partial charge in [-0.1, -0.05) is 37.1 Å². The minimum atomic E-state index is -1.10. The Morgan fingerprint density at radius 3 is 2.60 bits per heavy atom. The second kappa shape index (κ2) is 12.6. The van der Waals surface area contributed by atoms with Gasteiger partial charge in [0.1, 0.15) is 18.0 Å². The van der Waals surface area contributed by atoms with Crippen molar-refractivity contribution >= 4 is 45.4 Å². The number of rotatable bonds is 9. The predicted molar refractivity (Wildman–Crippen MR) is 157 cm³/mol. The molecule has 2 aliphatic carbocycles.